The molecule has 2 aromatic rings. The number of benzene rings is 2. The van der Waals surface area contributed by atoms with Gasteiger partial charge in [0.05, 0.1) is 11.1 Å². The fraction of sp³-hybridized carbons (Fsp3) is 0.278. The SMILES string of the molecule is O=C(NCC1NCCc2ccccc21)c1cccc(C(F)(F)F)c1F. The first-order chi connectivity index (χ1) is 11.9. The van der Waals surface area contributed by atoms with E-state index in [0.29, 0.717) is 6.07 Å². The van der Waals surface area contributed by atoms with Crippen molar-refractivity contribution in [3.63, 3.8) is 0 Å². The molecule has 0 fully saturated rings. The second kappa shape index (κ2) is 6.84. The third-order valence-corrected chi connectivity index (χ3v) is 4.23. The summed E-state index contributed by atoms with van der Waals surface area (Å²) in [4.78, 5) is 12.2. The number of fused-ring (bicyclic) bond motifs is 1. The van der Waals surface area contributed by atoms with Crippen molar-refractivity contribution in [3.8, 4) is 0 Å². The maximum absolute atomic E-state index is 14.0. The van der Waals surface area contributed by atoms with Gasteiger partial charge in [0.25, 0.3) is 5.91 Å². The van der Waals surface area contributed by atoms with E-state index in [-0.39, 0.29) is 12.6 Å². The van der Waals surface area contributed by atoms with Gasteiger partial charge in [-0.25, -0.2) is 4.39 Å². The zero-order chi connectivity index (χ0) is 18.0. The Labute approximate surface area is 142 Å². The van der Waals surface area contributed by atoms with Crippen molar-refractivity contribution in [2.45, 2.75) is 18.6 Å². The summed E-state index contributed by atoms with van der Waals surface area (Å²) in [7, 11) is 0. The van der Waals surface area contributed by atoms with E-state index in [1.807, 2.05) is 24.3 Å². The zero-order valence-electron chi connectivity index (χ0n) is 13.2. The average Bonchev–Trinajstić information content (AvgIpc) is 2.58. The van der Waals surface area contributed by atoms with Gasteiger partial charge in [-0.1, -0.05) is 30.3 Å². The number of hydrogen-bond donors (Lipinski definition) is 2. The Hall–Kier alpha value is -2.41. The van der Waals surface area contributed by atoms with E-state index in [1.54, 1.807) is 0 Å². The van der Waals surface area contributed by atoms with Crippen LogP contribution in [0, 0.1) is 5.82 Å². The fourth-order valence-electron chi connectivity index (χ4n) is 2.99. The van der Waals surface area contributed by atoms with Crippen molar-refractivity contribution in [1.29, 1.82) is 0 Å². The van der Waals surface area contributed by atoms with Crippen molar-refractivity contribution < 1.29 is 22.4 Å². The zero-order valence-corrected chi connectivity index (χ0v) is 13.2. The summed E-state index contributed by atoms with van der Waals surface area (Å²) >= 11 is 0. The van der Waals surface area contributed by atoms with Gasteiger partial charge in [-0.2, -0.15) is 13.2 Å². The lowest BCUT2D eigenvalue weighted by Crippen LogP contribution is -2.39. The van der Waals surface area contributed by atoms with Crippen molar-refractivity contribution in [3.05, 3.63) is 70.5 Å². The van der Waals surface area contributed by atoms with Crippen LogP contribution in [0.25, 0.3) is 0 Å². The number of nitrogens with one attached hydrogen (secondary N) is 2. The van der Waals surface area contributed by atoms with Gasteiger partial charge >= 0.3 is 6.18 Å². The highest BCUT2D eigenvalue weighted by atomic mass is 19.4. The molecule has 0 aliphatic carbocycles. The summed E-state index contributed by atoms with van der Waals surface area (Å²) in [6, 6.07) is 10.3. The van der Waals surface area contributed by atoms with Gasteiger partial charge in [-0.05, 0) is 36.2 Å². The Bertz CT molecular complexity index is 789. The molecule has 0 radical (unpaired) electrons. The van der Waals surface area contributed by atoms with Gasteiger partial charge < -0.3 is 10.6 Å². The quantitative estimate of drug-likeness (QED) is 0.831. The molecule has 25 heavy (non-hydrogen) atoms. The van der Waals surface area contributed by atoms with Crippen LogP contribution in [0.4, 0.5) is 17.6 Å². The monoisotopic (exact) mass is 352 g/mol. The summed E-state index contributed by atoms with van der Waals surface area (Å²) in [6.45, 7) is 0.890. The highest BCUT2D eigenvalue weighted by Crippen LogP contribution is 2.32. The van der Waals surface area contributed by atoms with Crippen LogP contribution in [0.1, 0.15) is 33.1 Å². The molecule has 7 heteroatoms. The molecule has 132 valence electrons. The lowest BCUT2D eigenvalue weighted by Gasteiger charge is -2.27. The molecule has 0 saturated heterocycles. The molecule has 1 amide bonds. The predicted molar refractivity (Wildman–Crippen MR) is 84.6 cm³/mol. The Morgan fingerprint density at radius 2 is 1.92 bits per heavy atom. The van der Waals surface area contributed by atoms with E-state index < -0.39 is 29.0 Å². The van der Waals surface area contributed by atoms with Crippen LogP contribution in [-0.4, -0.2) is 19.0 Å². The summed E-state index contributed by atoms with van der Waals surface area (Å²) in [6.07, 6.45) is -3.98. The molecule has 0 spiro atoms. The maximum Gasteiger partial charge on any atom is 0.419 e. The van der Waals surface area contributed by atoms with E-state index in [1.165, 1.54) is 0 Å². The van der Waals surface area contributed by atoms with Crippen LogP contribution in [-0.2, 0) is 12.6 Å². The Morgan fingerprint density at radius 3 is 2.68 bits per heavy atom. The number of halogens is 4. The molecule has 0 saturated carbocycles. The van der Waals surface area contributed by atoms with Crippen LogP contribution in [0.2, 0.25) is 0 Å². The molecular weight excluding hydrogens is 336 g/mol. The molecule has 3 rings (SSSR count). The average molecular weight is 352 g/mol. The minimum absolute atomic E-state index is 0.158. The first kappa shape index (κ1) is 17.4. The lowest BCUT2D eigenvalue weighted by atomic mass is 9.94. The van der Waals surface area contributed by atoms with E-state index in [0.717, 1.165) is 36.2 Å². The molecule has 0 aromatic heterocycles. The largest absolute Gasteiger partial charge is 0.419 e. The van der Waals surface area contributed by atoms with Crippen LogP contribution >= 0.6 is 0 Å². The summed E-state index contributed by atoms with van der Waals surface area (Å²) in [5.41, 5.74) is 0.129. The van der Waals surface area contributed by atoms with Crippen LogP contribution in [0.5, 0.6) is 0 Å². The Morgan fingerprint density at radius 1 is 1.16 bits per heavy atom. The maximum atomic E-state index is 14.0. The van der Waals surface area contributed by atoms with Gasteiger partial charge in [-0.15, -0.1) is 0 Å². The standard InChI is InChI=1S/C18H16F4N2O/c19-16-13(6-3-7-14(16)18(20,21)22)17(25)24-10-15-12-5-2-1-4-11(12)8-9-23-15/h1-7,15,23H,8-10H2,(H,24,25). The lowest BCUT2D eigenvalue weighted by molar-refractivity contribution is -0.140. The molecule has 1 atom stereocenters. The topological polar surface area (TPSA) is 41.1 Å². The summed E-state index contributed by atoms with van der Waals surface area (Å²) < 4.78 is 52.3. The molecule has 1 unspecified atom stereocenters. The number of rotatable bonds is 3. The molecule has 3 nitrogen and oxygen atoms in total. The molecule has 2 aromatic carbocycles. The highest BCUT2D eigenvalue weighted by Gasteiger charge is 2.35. The molecule has 2 N–H and O–H groups in total. The predicted octanol–water partition coefficient (Wildman–Crippen LogP) is 3.46. The van der Waals surface area contributed by atoms with Crippen molar-refractivity contribution >= 4 is 5.91 Å². The van der Waals surface area contributed by atoms with Crippen LogP contribution in [0.3, 0.4) is 0 Å². The number of hydrogen-bond acceptors (Lipinski definition) is 2. The third-order valence-electron chi connectivity index (χ3n) is 4.23. The summed E-state index contributed by atoms with van der Waals surface area (Å²) in [5.74, 6) is -2.42. The normalized spacial score (nSPS) is 17.0. The van der Waals surface area contributed by atoms with Gasteiger partial charge in [0.15, 0.2) is 0 Å². The van der Waals surface area contributed by atoms with Gasteiger partial charge in [0.2, 0.25) is 0 Å². The number of carbonyl (C=O) groups is 1. The van der Waals surface area contributed by atoms with Gasteiger partial charge in [0.1, 0.15) is 5.82 Å². The van der Waals surface area contributed by atoms with Crippen LogP contribution in [0.15, 0.2) is 42.5 Å². The Balaban J connectivity index is 1.74. The van der Waals surface area contributed by atoms with Crippen molar-refractivity contribution in [1.82, 2.24) is 10.6 Å². The second-order valence-corrected chi connectivity index (χ2v) is 5.83. The number of amides is 1. The van der Waals surface area contributed by atoms with E-state index in [4.69, 9.17) is 0 Å². The molecule has 1 aliphatic rings. The van der Waals surface area contributed by atoms with E-state index in [9.17, 15) is 22.4 Å². The van der Waals surface area contributed by atoms with Gasteiger partial charge in [0, 0.05) is 12.6 Å². The smallest absolute Gasteiger partial charge is 0.350 e. The first-order valence-electron chi connectivity index (χ1n) is 7.83. The van der Waals surface area contributed by atoms with Crippen molar-refractivity contribution in [2.24, 2.45) is 0 Å². The minimum Gasteiger partial charge on any atom is -0.350 e. The molecule has 1 heterocycles. The fourth-order valence-corrected chi connectivity index (χ4v) is 2.99. The second-order valence-electron chi connectivity index (χ2n) is 5.83. The Kier molecular flexibility index (Phi) is 4.76. The number of carbonyl (C=O) groups excluding carboxylic acids is 1. The van der Waals surface area contributed by atoms with Gasteiger partial charge in [-0.3, -0.25) is 4.79 Å². The van der Waals surface area contributed by atoms with E-state index in [2.05, 4.69) is 10.6 Å². The number of alkyl halides is 3. The molecular formula is C18H16F4N2O. The minimum atomic E-state index is -4.84. The first-order valence-corrected chi connectivity index (χ1v) is 7.83. The van der Waals surface area contributed by atoms with Crippen molar-refractivity contribution in [2.75, 3.05) is 13.1 Å². The molecule has 0 bridgehead atoms. The van der Waals surface area contributed by atoms with E-state index >= 15 is 0 Å². The van der Waals surface area contributed by atoms with Crippen LogP contribution < -0.4 is 10.6 Å². The molecule has 1 aliphatic heterocycles. The third kappa shape index (κ3) is 3.66. The summed E-state index contributed by atoms with van der Waals surface area (Å²) in [5, 5.41) is 5.76. The highest BCUT2D eigenvalue weighted by molar-refractivity contribution is 5.94.